The fourth-order valence-electron chi connectivity index (χ4n) is 1.23. The van der Waals surface area contributed by atoms with Gasteiger partial charge in [-0.25, -0.2) is 14.6 Å². The second-order valence-corrected chi connectivity index (χ2v) is 7.12. The van der Waals surface area contributed by atoms with Gasteiger partial charge in [0.15, 0.2) is 5.13 Å². The largest absolute Gasteiger partial charge is 0.480 e. The summed E-state index contributed by atoms with van der Waals surface area (Å²) in [5.41, 5.74) is -0.577. The van der Waals surface area contributed by atoms with E-state index in [1.807, 2.05) is 0 Å². The Morgan fingerprint density at radius 2 is 2.11 bits per heavy atom. The Hall–Kier alpha value is -1.15. The fourth-order valence-corrected chi connectivity index (χ4v) is 2.33. The van der Waals surface area contributed by atoms with Gasteiger partial charge >= 0.3 is 12.0 Å². The van der Waals surface area contributed by atoms with Gasteiger partial charge in [-0.2, -0.15) is 0 Å². The number of aromatic nitrogens is 1. The number of thiazole rings is 1. The first-order valence-electron chi connectivity index (χ1n) is 5.12. The molecule has 0 saturated heterocycles. The van der Waals surface area contributed by atoms with Crippen LogP contribution in [-0.4, -0.2) is 28.1 Å². The number of carboxylic acids is 1. The number of nitrogens with one attached hydrogen (secondary N) is 2. The molecule has 0 unspecified atom stereocenters. The monoisotopic (exact) mass is 335 g/mol. The van der Waals surface area contributed by atoms with E-state index < -0.39 is 23.5 Å². The van der Waals surface area contributed by atoms with Gasteiger partial charge in [0.1, 0.15) is 6.04 Å². The lowest BCUT2D eigenvalue weighted by molar-refractivity contribution is -0.141. The topological polar surface area (TPSA) is 91.3 Å². The SMILES string of the molecule is CC(C)(C)[C@@H](NC(=O)Nc1ncc(Br)s1)C(=O)O. The number of rotatable bonds is 3. The van der Waals surface area contributed by atoms with E-state index in [2.05, 4.69) is 31.5 Å². The third-order valence-corrected chi connectivity index (χ3v) is 3.48. The molecule has 0 bridgehead atoms. The summed E-state index contributed by atoms with van der Waals surface area (Å²) >= 11 is 4.46. The zero-order chi connectivity index (χ0) is 13.9. The molecular formula is C10H14BrN3O3S. The van der Waals surface area contributed by atoms with Crippen molar-refractivity contribution in [2.24, 2.45) is 5.41 Å². The molecule has 8 heteroatoms. The quantitative estimate of drug-likeness (QED) is 0.791. The smallest absolute Gasteiger partial charge is 0.326 e. The maximum absolute atomic E-state index is 11.6. The van der Waals surface area contributed by atoms with E-state index in [1.165, 1.54) is 11.3 Å². The normalized spacial score (nSPS) is 12.9. The predicted molar refractivity (Wildman–Crippen MR) is 72.8 cm³/mol. The highest BCUT2D eigenvalue weighted by molar-refractivity contribution is 9.11. The van der Waals surface area contributed by atoms with Crippen LogP contribution in [0, 0.1) is 5.41 Å². The molecule has 0 radical (unpaired) electrons. The molecule has 6 nitrogen and oxygen atoms in total. The molecule has 0 aliphatic carbocycles. The fraction of sp³-hybridized carbons (Fsp3) is 0.500. The number of aliphatic carboxylic acids is 1. The Morgan fingerprint density at radius 3 is 2.50 bits per heavy atom. The van der Waals surface area contributed by atoms with E-state index in [0.717, 1.165) is 3.79 Å². The number of hydrogen-bond acceptors (Lipinski definition) is 4. The maximum atomic E-state index is 11.6. The van der Waals surface area contributed by atoms with Gasteiger partial charge < -0.3 is 10.4 Å². The van der Waals surface area contributed by atoms with E-state index in [0.29, 0.717) is 5.13 Å². The van der Waals surface area contributed by atoms with E-state index in [4.69, 9.17) is 5.11 Å². The zero-order valence-electron chi connectivity index (χ0n) is 10.2. The van der Waals surface area contributed by atoms with Crippen molar-refractivity contribution in [1.29, 1.82) is 0 Å². The molecule has 1 rings (SSSR count). The van der Waals surface area contributed by atoms with Gasteiger partial charge in [0.25, 0.3) is 0 Å². The van der Waals surface area contributed by atoms with Crippen LogP contribution in [0.25, 0.3) is 0 Å². The molecule has 1 atom stereocenters. The minimum Gasteiger partial charge on any atom is -0.480 e. The summed E-state index contributed by atoms with van der Waals surface area (Å²) in [4.78, 5) is 26.6. The van der Waals surface area contributed by atoms with Crippen LogP contribution in [0.2, 0.25) is 0 Å². The molecule has 1 aromatic rings. The number of urea groups is 1. The van der Waals surface area contributed by atoms with Gasteiger partial charge in [-0.05, 0) is 21.3 Å². The maximum Gasteiger partial charge on any atom is 0.326 e. The Bertz CT molecular complexity index is 455. The lowest BCUT2D eigenvalue weighted by Gasteiger charge is -2.27. The van der Waals surface area contributed by atoms with Crippen LogP contribution >= 0.6 is 27.3 Å². The van der Waals surface area contributed by atoms with E-state index >= 15 is 0 Å². The van der Waals surface area contributed by atoms with Crippen molar-refractivity contribution >= 4 is 44.4 Å². The first kappa shape index (κ1) is 14.9. The molecule has 0 fully saturated rings. The molecule has 0 aromatic carbocycles. The number of nitrogens with zero attached hydrogens (tertiary/aromatic N) is 1. The lowest BCUT2D eigenvalue weighted by Crippen LogP contribution is -2.50. The van der Waals surface area contributed by atoms with Crippen molar-refractivity contribution < 1.29 is 14.7 Å². The van der Waals surface area contributed by atoms with Crippen LogP contribution in [0.5, 0.6) is 0 Å². The summed E-state index contributed by atoms with van der Waals surface area (Å²) in [6, 6.07) is -1.56. The van der Waals surface area contributed by atoms with Crippen molar-refractivity contribution in [3.8, 4) is 0 Å². The average Bonchev–Trinajstić information content (AvgIpc) is 2.58. The number of carbonyl (C=O) groups is 2. The standard InChI is InChI=1S/C10H14BrN3O3S/c1-10(2,3)6(7(15)16)13-8(17)14-9-12-4-5(11)18-9/h4,6H,1-3H3,(H,15,16)(H2,12,13,14,17)/t6-/m0/s1. The lowest BCUT2D eigenvalue weighted by atomic mass is 9.87. The van der Waals surface area contributed by atoms with Gasteiger partial charge in [-0.3, -0.25) is 5.32 Å². The summed E-state index contributed by atoms with van der Waals surface area (Å²) in [6.07, 6.45) is 1.55. The van der Waals surface area contributed by atoms with E-state index in [-0.39, 0.29) is 0 Å². The molecule has 100 valence electrons. The number of hydrogen-bond donors (Lipinski definition) is 3. The van der Waals surface area contributed by atoms with Crippen LogP contribution < -0.4 is 10.6 Å². The molecule has 0 spiro atoms. The van der Waals surface area contributed by atoms with Crippen molar-refractivity contribution in [3.63, 3.8) is 0 Å². The van der Waals surface area contributed by atoms with Gasteiger partial charge in [-0.1, -0.05) is 32.1 Å². The average molecular weight is 336 g/mol. The van der Waals surface area contributed by atoms with Crippen molar-refractivity contribution in [2.45, 2.75) is 26.8 Å². The third kappa shape index (κ3) is 4.26. The second kappa shape index (κ2) is 5.66. The minimum atomic E-state index is -1.07. The Morgan fingerprint density at radius 1 is 1.50 bits per heavy atom. The molecule has 3 N–H and O–H groups in total. The molecule has 1 heterocycles. The highest BCUT2D eigenvalue weighted by Gasteiger charge is 2.32. The van der Waals surface area contributed by atoms with Gasteiger partial charge in [-0.15, -0.1) is 0 Å². The first-order chi connectivity index (χ1) is 8.20. The van der Waals surface area contributed by atoms with E-state index in [9.17, 15) is 9.59 Å². The van der Waals surface area contributed by atoms with Crippen LogP contribution in [0.4, 0.5) is 9.93 Å². The highest BCUT2D eigenvalue weighted by atomic mass is 79.9. The predicted octanol–water partition coefficient (Wildman–Crippen LogP) is 2.53. The van der Waals surface area contributed by atoms with Crippen LogP contribution in [0.1, 0.15) is 20.8 Å². The summed E-state index contributed by atoms with van der Waals surface area (Å²) in [5, 5.41) is 14.4. The Balaban J connectivity index is 2.65. The first-order valence-corrected chi connectivity index (χ1v) is 6.73. The molecule has 18 heavy (non-hydrogen) atoms. The second-order valence-electron chi connectivity index (χ2n) is 4.71. The Labute approximate surface area is 117 Å². The number of anilines is 1. The molecule has 0 aliphatic heterocycles. The molecule has 0 saturated carbocycles. The molecule has 2 amide bonds. The van der Waals surface area contributed by atoms with Crippen LogP contribution in [0.15, 0.2) is 9.98 Å². The van der Waals surface area contributed by atoms with Crippen molar-refractivity contribution in [1.82, 2.24) is 10.3 Å². The van der Waals surface area contributed by atoms with Crippen LogP contribution in [-0.2, 0) is 4.79 Å². The van der Waals surface area contributed by atoms with Gasteiger partial charge in [0.05, 0.1) is 9.98 Å². The van der Waals surface area contributed by atoms with E-state index in [1.54, 1.807) is 27.0 Å². The summed E-state index contributed by atoms with van der Waals surface area (Å²) in [7, 11) is 0. The van der Waals surface area contributed by atoms with Crippen molar-refractivity contribution in [3.05, 3.63) is 9.98 Å². The Kier molecular flexibility index (Phi) is 4.69. The molecular weight excluding hydrogens is 322 g/mol. The highest BCUT2D eigenvalue weighted by Crippen LogP contribution is 2.23. The third-order valence-electron chi connectivity index (χ3n) is 2.09. The number of halogens is 1. The zero-order valence-corrected chi connectivity index (χ0v) is 12.6. The minimum absolute atomic E-state index is 0.400. The number of amides is 2. The van der Waals surface area contributed by atoms with Gasteiger partial charge in [0, 0.05) is 0 Å². The van der Waals surface area contributed by atoms with Crippen LogP contribution in [0.3, 0.4) is 0 Å². The number of carboxylic acid groups (broad SMARTS) is 1. The summed E-state index contributed by atoms with van der Waals surface area (Å²) in [5.74, 6) is -1.07. The number of carbonyl (C=O) groups excluding carboxylic acids is 1. The summed E-state index contributed by atoms with van der Waals surface area (Å²) < 4.78 is 0.781. The summed E-state index contributed by atoms with van der Waals surface area (Å²) in [6.45, 7) is 5.23. The van der Waals surface area contributed by atoms with Gasteiger partial charge in [0.2, 0.25) is 0 Å². The molecule has 0 aliphatic rings. The molecule has 1 aromatic heterocycles. The van der Waals surface area contributed by atoms with Crippen molar-refractivity contribution in [2.75, 3.05) is 5.32 Å².